The number of benzene rings is 2. The summed E-state index contributed by atoms with van der Waals surface area (Å²) in [6.45, 7) is 0. The molecule has 0 unspecified atom stereocenters. The molecule has 0 amide bonds. The highest BCUT2D eigenvalue weighted by molar-refractivity contribution is 6.31. The Labute approximate surface area is 121 Å². The van der Waals surface area contributed by atoms with Crippen molar-refractivity contribution in [2.45, 2.75) is 0 Å². The minimum atomic E-state index is -0.126. The van der Waals surface area contributed by atoms with Crippen LogP contribution in [0.1, 0.15) is 11.1 Å². The Morgan fingerprint density at radius 2 is 1.65 bits per heavy atom. The minimum absolute atomic E-state index is 0.126. The maximum Gasteiger partial charge on any atom is 0.211 e. The number of hydrogen-bond donors (Lipinski definition) is 3. The predicted octanol–water partition coefficient (Wildman–Crippen LogP) is 1.95. The Morgan fingerprint density at radius 3 is 2.30 bits per heavy atom. The number of guanidine groups is 1. The van der Waals surface area contributed by atoms with E-state index in [0.717, 1.165) is 5.56 Å². The second-order valence-electron chi connectivity index (χ2n) is 4.07. The standard InChI is InChI=1S/C14H14ClN5/c15-10-6-7-12(16)11(8-10)13(19-20-14(17)18)9-4-2-1-3-5-9/h1-8H,16H2,(H4,17,18,20). The molecule has 2 aromatic rings. The maximum atomic E-state index is 6.02. The molecule has 0 aliphatic heterocycles. The van der Waals surface area contributed by atoms with Gasteiger partial charge in [0.05, 0.1) is 0 Å². The van der Waals surface area contributed by atoms with Crippen molar-refractivity contribution < 1.29 is 0 Å². The first kappa shape index (κ1) is 13.9. The molecule has 0 atom stereocenters. The number of hydrogen-bond acceptors (Lipinski definition) is 3. The zero-order valence-electron chi connectivity index (χ0n) is 10.6. The zero-order valence-corrected chi connectivity index (χ0v) is 11.4. The Hall–Kier alpha value is -2.53. The molecule has 5 nitrogen and oxygen atoms in total. The molecule has 0 aliphatic rings. The van der Waals surface area contributed by atoms with Crippen LogP contribution in [0.4, 0.5) is 5.69 Å². The van der Waals surface area contributed by atoms with Crippen LogP contribution in [0.15, 0.2) is 58.7 Å². The van der Waals surface area contributed by atoms with Gasteiger partial charge in [-0.05, 0) is 18.2 Å². The van der Waals surface area contributed by atoms with E-state index in [2.05, 4.69) is 10.2 Å². The van der Waals surface area contributed by atoms with Gasteiger partial charge in [-0.2, -0.15) is 0 Å². The topological polar surface area (TPSA) is 103 Å². The van der Waals surface area contributed by atoms with Gasteiger partial charge < -0.3 is 17.2 Å². The van der Waals surface area contributed by atoms with Gasteiger partial charge in [-0.25, -0.2) is 0 Å². The van der Waals surface area contributed by atoms with Crippen molar-refractivity contribution in [1.82, 2.24) is 0 Å². The monoisotopic (exact) mass is 287 g/mol. The largest absolute Gasteiger partial charge is 0.398 e. The summed E-state index contributed by atoms with van der Waals surface area (Å²) in [7, 11) is 0. The number of anilines is 1. The maximum absolute atomic E-state index is 6.02. The van der Waals surface area contributed by atoms with E-state index < -0.39 is 0 Å². The van der Waals surface area contributed by atoms with E-state index in [1.54, 1.807) is 18.2 Å². The fourth-order valence-corrected chi connectivity index (χ4v) is 1.88. The fraction of sp³-hybridized carbons (Fsp3) is 0. The van der Waals surface area contributed by atoms with Crippen LogP contribution >= 0.6 is 11.6 Å². The van der Waals surface area contributed by atoms with Crippen LogP contribution in [0.3, 0.4) is 0 Å². The molecule has 102 valence electrons. The average Bonchev–Trinajstić information content (AvgIpc) is 2.43. The number of nitrogens with two attached hydrogens (primary N) is 3. The quantitative estimate of drug-likeness (QED) is 0.348. The molecule has 0 fully saturated rings. The van der Waals surface area contributed by atoms with Crippen molar-refractivity contribution in [3.8, 4) is 0 Å². The molecule has 0 aromatic heterocycles. The average molecular weight is 288 g/mol. The SMILES string of the molecule is NC(N)=NN=C(c1ccccc1)c1cc(Cl)ccc1N. The molecule has 2 aromatic carbocycles. The number of rotatable bonds is 3. The summed E-state index contributed by atoms with van der Waals surface area (Å²) in [5, 5.41) is 8.35. The van der Waals surface area contributed by atoms with Crippen molar-refractivity contribution in [1.29, 1.82) is 0 Å². The van der Waals surface area contributed by atoms with E-state index in [0.29, 0.717) is 22.0 Å². The van der Waals surface area contributed by atoms with Crippen molar-refractivity contribution in [3.63, 3.8) is 0 Å². The lowest BCUT2D eigenvalue weighted by Crippen LogP contribution is -2.22. The lowest BCUT2D eigenvalue weighted by Gasteiger charge is -2.09. The van der Waals surface area contributed by atoms with Gasteiger partial charge in [0.2, 0.25) is 5.96 Å². The van der Waals surface area contributed by atoms with Gasteiger partial charge in [0.25, 0.3) is 0 Å². The number of nitrogens with zero attached hydrogens (tertiary/aromatic N) is 2. The molecule has 0 heterocycles. The second-order valence-corrected chi connectivity index (χ2v) is 4.51. The first-order chi connectivity index (χ1) is 9.58. The third kappa shape index (κ3) is 3.27. The third-order valence-corrected chi connectivity index (χ3v) is 2.82. The first-order valence-corrected chi connectivity index (χ1v) is 6.23. The summed E-state index contributed by atoms with van der Waals surface area (Å²) < 4.78 is 0. The van der Waals surface area contributed by atoms with Crippen molar-refractivity contribution in [2.24, 2.45) is 21.7 Å². The molecule has 6 N–H and O–H groups in total. The van der Waals surface area contributed by atoms with Crippen molar-refractivity contribution in [3.05, 3.63) is 64.7 Å². The predicted molar refractivity (Wildman–Crippen MR) is 83.8 cm³/mol. The van der Waals surface area contributed by atoms with Crippen molar-refractivity contribution in [2.75, 3.05) is 5.73 Å². The summed E-state index contributed by atoms with van der Waals surface area (Å²) in [6.07, 6.45) is 0. The Bertz CT molecular complexity index is 661. The van der Waals surface area contributed by atoms with Crippen LogP contribution in [0, 0.1) is 0 Å². The van der Waals surface area contributed by atoms with Gasteiger partial charge in [0, 0.05) is 21.8 Å². The van der Waals surface area contributed by atoms with Crippen LogP contribution in [0.25, 0.3) is 0 Å². The molecule has 0 bridgehead atoms. The van der Waals surface area contributed by atoms with E-state index in [9.17, 15) is 0 Å². The van der Waals surface area contributed by atoms with Crippen molar-refractivity contribution >= 4 is 29.0 Å². The Balaban J connectivity index is 2.61. The Morgan fingerprint density at radius 1 is 0.950 bits per heavy atom. The van der Waals surface area contributed by atoms with E-state index in [4.69, 9.17) is 28.8 Å². The molecule has 0 spiro atoms. The molecular weight excluding hydrogens is 274 g/mol. The van der Waals surface area contributed by atoms with Crippen LogP contribution in [0.5, 0.6) is 0 Å². The van der Waals surface area contributed by atoms with Crippen LogP contribution in [-0.4, -0.2) is 11.7 Å². The highest BCUT2D eigenvalue weighted by Gasteiger charge is 2.11. The van der Waals surface area contributed by atoms with Crippen LogP contribution in [-0.2, 0) is 0 Å². The molecule has 0 aliphatic carbocycles. The molecule has 2 rings (SSSR count). The zero-order chi connectivity index (χ0) is 14.5. The Kier molecular flexibility index (Phi) is 4.22. The van der Waals surface area contributed by atoms with Gasteiger partial charge in [0.15, 0.2) is 0 Å². The molecule has 20 heavy (non-hydrogen) atoms. The summed E-state index contributed by atoms with van der Waals surface area (Å²) in [6, 6.07) is 14.6. The van der Waals surface area contributed by atoms with Crippen LogP contribution < -0.4 is 17.2 Å². The lowest BCUT2D eigenvalue weighted by atomic mass is 10.0. The molecule has 0 saturated heterocycles. The lowest BCUT2D eigenvalue weighted by molar-refractivity contribution is 1.20. The van der Waals surface area contributed by atoms with Gasteiger partial charge in [-0.1, -0.05) is 41.9 Å². The first-order valence-electron chi connectivity index (χ1n) is 5.85. The molecule has 6 heteroatoms. The normalized spacial score (nSPS) is 11.2. The number of halogens is 1. The van der Waals surface area contributed by atoms with Crippen LogP contribution in [0.2, 0.25) is 5.02 Å². The summed E-state index contributed by atoms with van der Waals surface area (Å²) in [4.78, 5) is 0. The highest BCUT2D eigenvalue weighted by Crippen LogP contribution is 2.22. The van der Waals surface area contributed by atoms with Gasteiger partial charge in [0.1, 0.15) is 5.71 Å². The molecule has 0 saturated carbocycles. The van der Waals surface area contributed by atoms with E-state index >= 15 is 0 Å². The van der Waals surface area contributed by atoms with Gasteiger partial charge in [-0.3, -0.25) is 0 Å². The van der Waals surface area contributed by atoms with E-state index in [1.807, 2.05) is 30.3 Å². The highest BCUT2D eigenvalue weighted by atomic mass is 35.5. The summed E-state index contributed by atoms with van der Waals surface area (Å²) in [5.41, 5.74) is 19.3. The number of nitrogen functional groups attached to an aromatic ring is 1. The second kappa shape index (κ2) is 6.08. The summed E-state index contributed by atoms with van der Waals surface area (Å²) in [5.74, 6) is -0.126. The van der Waals surface area contributed by atoms with E-state index in [-0.39, 0.29) is 5.96 Å². The van der Waals surface area contributed by atoms with E-state index in [1.165, 1.54) is 0 Å². The van der Waals surface area contributed by atoms with Gasteiger partial charge >= 0.3 is 0 Å². The fourth-order valence-electron chi connectivity index (χ4n) is 1.70. The summed E-state index contributed by atoms with van der Waals surface area (Å²) >= 11 is 6.02. The minimum Gasteiger partial charge on any atom is -0.398 e. The van der Waals surface area contributed by atoms with Gasteiger partial charge in [-0.15, -0.1) is 10.2 Å². The third-order valence-electron chi connectivity index (χ3n) is 2.58. The molecular formula is C14H14ClN5. The molecule has 0 radical (unpaired) electrons. The smallest absolute Gasteiger partial charge is 0.211 e.